The lowest BCUT2D eigenvalue weighted by molar-refractivity contribution is 0.198. The lowest BCUT2D eigenvalue weighted by Crippen LogP contribution is -2.58. The Labute approximate surface area is 110 Å². The number of likely N-dealkylation sites (N-methyl/N-ethyl adjacent to an activating group) is 1. The molecule has 18 heavy (non-hydrogen) atoms. The Morgan fingerprint density at radius 1 is 1.17 bits per heavy atom. The number of nitrogens with one attached hydrogen (secondary N) is 1. The molecule has 3 rings (SSSR count). The van der Waals surface area contributed by atoms with Gasteiger partial charge in [0.05, 0.1) is 0 Å². The summed E-state index contributed by atoms with van der Waals surface area (Å²) in [4.78, 5) is 0. The van der Waals surface area contributed by atoms with Crippen molar-refractivity contribution in [3.8, 4) is 0 Å². The number of fused-ring (bicyclic) bond motifs is 3. The number of benzene rings is 1. The van der Waals surface area contributed by atoms with Crippen LogP contribution in [-0.4, -0.2) is 18.6 Å². The summed E-state index contributed by atoms with van der Waals surface area (Å²) < 4.78 is 0. The van der Waals surface area contributed by atoms with Crippen LogP contribution in [0.2, 0.25) is 0 Å². The van der Waals surface area contributed by atoms with Gasteiger partial charge in [-0.15, -0.1) is 0 Å². The Bertz CT molecular complexity index is 394. The molecule has 1 fully saturated rings. The van der Waals surface area contributed by atoms with Crippen LogP contribution in [0.25, 0.3) is 0 Å². The quantitative estimate of drug-likeness (QED) is 0.854. The van der Waals surface area contributed by atoms with Gasteiger partial charge in [0, 0.05) is 12.1 Å². The zero-order valence-electron chi connectivity index (χ0n) is 11.3. The highest BCUT2D eigenvalue weighted by Gasteiger charge is 2.49. The van der Waals surface area contributed by atoms with E-state index in [0.29, 0.717) is 0 Å². The average Bonchev–Trinajstić information content (AvgIpc) is 2.63. The molecule has 2 heteroatoms. The van der Waals surface area contributed by atoms with Gasteiger partial charge in [-0.1, -0.05) is 31.2 Å². The third-order valence-electron chi connectivity index (χ3n) is 5.22. The summed E-state index contributed by atoms with van der Waals surface area (Å²) in [6.07, 6.45) is 5.08. The molecule has 2 nitrogen and oxygen atoms in total. The molecular weight excluding hydrogens is 220 g/mol. The van der Waals surface area contributed by atoms with Crippen LogP contribution in [0.4, 0.5) is 0 Å². The monoisotopic (exact) mass is 244 g/mol. The maximum Gasteiger partial charge on any atom is 0.0367 e. The van der Waals surface area contributed by atoms with E-state index in [2.05, 4.69) is 36.5 Å². The van der Waals surface area contributed by atoms with Crippen LogP contribution in [0.5, 0.6) is 0 Å². The van der Waals surface area contributed by atoms with Crippen LogP contribution in [0, 0.1) is 11.8 Å². The molecule has 1 aromatic rings. The molecule has 2 atom stereocenters. The third-order valence-corrected chi connectivity index (χ3v) is 5.22. The lowest BCUT2D eigenvalue weighted by Gasteiger charge is -2.39. The molecular formula is C16H24N2. The highest BCUT2D eigenvalue weighted by Crippen LogP contribution is 2.46. The van der Waals surface area contributed by atoms with Crippen molar-refractivity contribution in [3.05, 3.63) is 35.4 Å². The van der Waals surface area contributed by atoms with Gasteiger partial charge in [-0.05, 0) is 55.2 Å². The zero-order chi connectivity index (χ0) is 12.6. The molecule has 2 unspecified atom stereocenters. The predicted molar refractivity (Wildman–Crippen MR) is 75.5 cm³/mol. The topological polar surface area (TPSA) is 38.0 Å². The zero-order valence-corrected chi connectivity index (χ0v) is 11.3. The fraction of sp³-hybridized carbons (Fsp3) is 0.625. The Morgan fingerprint density at radius 3 is 2.17 bits per heavy atom. The highest BCUT2D eigenvalue weighted by atomic mass is 15.0. The summed E-state index contributed by atoms with van der Waals surface area (Å²) in [5.41, 5.74) is 9.49. The second-order valence-electron chi connectivity index (χ2n) is 5.92. The fourth-order valence-electron chi connectivity index (χ4n) is 4.33. The van der Waals surface area contributed by atoms with Crippen LogP contribution in [-0.2, 0) is 12.8 Å². The normalized spacial score (nSPS) is 34.1. The summed E-state index contributed by atoms with van der Waals surface area (Å²) in [5, 5.41) is 3.76. The molecule has 0 aromatic heterocycles. The smallest absolute Gasteiger partial charge is 0.0367 e. The van der Waals surface area contributed by atoms with Crippen molar-refractivity contribution in [2.75, 3.05) is 13.1 Å². The van der Waals surface area contributed by atoms with Gasteiger partial charge < -0.3 is 11.1 Å². The van der Waals surface area contributed by atoms with E-state index in [1.807, 2.05) is 0 Å². The van der Waals surface area contributed by atoms with Crippen molar-refractivity contribution in [1.29, 1.82) is 0 Å². The van der Waals surface area contributed by atoms with E-state index in [1.54, 1.807) is 11.1 Å². The van der Waals surface area contributed by atoms with Gasteiger partial charge in [-0.2, -0.15) is 0 Å². The van der Waals surface area contributed by atoms with E-state index in [-0.39, 0.29) is 5.54 Å². The first-order valence-electron chi connectivity index (χ1n) is 7.32. The van der Waals surface area contributed by atoms with Gasteiger partial charge in [0.2, 0.25) is 0 Å². The van der Waals surface area contributed by atoms with Gasteiger partial charge in [-0.3, -0.25) is 0 Å². The van der Waals surface area contributed by atoms with Gasteiger partial charge >= 0.3 is 0 Å². The summed E-state index contributed by atoms with van der Waals surface area (Å²) in [5.74, 6) is 1.44. The average molecular weight is 244 g/mol. The molecule has 0 radical (unpaired) electrons. The standard InChI is InChI=1S/C16H24N2/c1-2-18-16(11-17)14-7-8-15(16)10-13-6-4-3-5-12(13)9-14/h3-6,14-15,18H,2,7-11,17H2,1H3. The molecule has 1 aromatic carbocycles. The molecule has 0 amide bonds. The molecule has 0 heterocycles. The molecule has 98 valence electrons. The number of hydrogen-bond donors (Lipinski definition) is 2. The first-order valence-corrected chi connectivity index (χ1v) is 7.32. The maximum absolute atomic E-state index is 6.19. The van der Waals surface area contributed by atoms with Crippen LogP contribution < -0.4 is 11.1 Å². The van der Waals surface area contributed by atoms with E-state index >= 15 is 0 Å². The summed E-state index contributed by atoms with van der Waals surface area (Å²) in [6, 6.07) is 8.97. The van der Waals surface area contributed by atoms with Gasteiger partial charge in [-0.25, -0.2) is 0 Å². The maximum atomic E-state index is 6.19. The van der Waals surface area contributed by atoms with Crippen molar-refractivity contribution in [2.24, 2.45) is 17.6 Å². The van der Waals surface area contributed by atoms with E-state index < -0.39 is 0 Å². The first-order chi connectivity index (χ1) is 8.80. The molecule has 2 bridgehead atoms. The second-order valence-corrected chi connectivity index (χ2v) is 5.92. The number of hydrogen-bond acceptors (Lipinski definition) is 2. The number of rotatable bonds is 3. The van der Waals surface area contributed by atoms with Crippen LogP contribution in [0.3, 0.4) is 0 Å². The summed E-state index contributed by atoms with van der Waals surface area (Å²) in [6.45, 7) is 4.01. The molecule has 2 aliphatic rings. The van der Waals surface area contributed by atoms with Crippen molar-refractivity contribution < 1.29 is 0 Å². The van der Waals surface area contributed by atoms with Crippen molar-refractivity contribution in [1.82, 2.24) is 5.32 Å². The summed E-state index contributed by atoms with van der Waals surface area (Å²) >= 11 is 0. The highest BCUT2D eigenvalue weighted by molar-refractivity contribution is 5.32. The minimum absolute atomic E-state index is 0.188. The Kier molecular flexibility index (Phi) is 3.16. The minimum atomic E-state index is 0.188. The Hall–Kier alpha value is -0.860. The Morgan fingerprint density at radius 2 is 1.72 bits per heavy atom. The molecule has 0 saturated heterocycles. The molecule has 3 N–H and O–H groups in total. The Balaban J connectivity index is 1.99. The fourth-order valence-corrected chi connectivity index (χ4v) is 4.33. The minimum Gasteiger partial charge on any atom is -0.329 e. The molecule has 2 aliphatic carbocycles. The molecule has 0 aliphatic heterocycles. The third kappa shape index (κ3) is 1.70. The van der Waals surface area contributed by atoms with Gasteiger partial charge in [0.25, 0.3) is 0 Å². The SMILES string of the molecule is CCNC1(CN)C2CCC1Cc1ccccc1C2. The van der Waals surface area contributed by atoms with Crippen molar-refractivity contribution in [3.63, 3.8) is 0 Å². The van der Waals surface area contributed by atoms with Gasteiger partial charge in [0.15, 0.2) is 0 Å². The first kappa shape index (κ1) is 12.2. The predicted octanol–water partition coefficient (Wildman–Crippen LogP) is 2.12. The largest absolute Gasteiger partial charge is 0.329 e. The van der Waals surface area contributed by atoms with Crippen LogP contribution >= 0.6 is 0 Å². The van der Waals surface area contributed by atoms with Crippen molar-refractivity contribution in [2.45, 2.75) is 38.1 Å². The number of nitrogens with two attached hydrogens (primary N) is 1. The lowest BCUT2D eigenvalue weighted by atomic mass is 9.79. The van der Waals surface area contributed by atoms with Crippen LogP contribution in [0.15, 0.2) is 24.3 Å². The van der Waals surface area contributed by atoms with Gasteiger partial charge in [0.1, 0.15) is 0 Å². The van der Waals surface area contributed by atoms with Crippen molar-refractivity contribution >= 4 is 0 Å². The molecule has 1 saturated carbocycles. The summed E-state index contributed by atoms with van der Waals surface area (Å²) in [7, 11) is 0. The second kappa shape index (κ2) is 4.67. The molecule has 0 spiro atoms. The van der Waals surface area contributed by atoms with E-state index in [0.717, 1.165) is 24.9 Å². The van der Waals surface area contributed by atoms with Crippen LogP contribution in [0.1, 0.15) is 30.9 Å². The van der Waals surface area contributed by atoms with E-state index in [1.165, 1.54) is 25.7 Å². The van der Waals surface area contributed by atoms with E-state index in [9.17, 15) is 0 Å². The van der Waals surface area contributed by atoms with E-state index in [4.69, 9.17) is 5.73 Å².